The van der Waals surface area contributed by atoms with E-state index < -0.39 is 41.8 Å². The minimum absolute atomic E-state index is 0.0353. The molecule has 0 aliphatic rings. The molecule has 0 bridgehead atoms. The maximum Gasteiger partial charge on any atom is 0.326 e. The summed E-state index contributed by atoms with van der Waals surface area (Å²) in [4.78, 5) is 47.6. The molecule has 10 N–H and O–H groups in total. The van der Waals surface area contributed by atoms with Gasteiger partial charge in [-0.15, -0.1) is 0 Å². The number of phenolic OH excluding ortho intramolecular Hbond substituents is 1. The van der Waals surface area contributed by atoms with Crippen LogP contribution in [0.5, 0.6) is 5.75 Å². The highest BCUT2D eigenvalue weighted by Gasteiger charge is 2.28. The minimum Gasteiger partial charge on any atom is -0.508 e. The number of phenols is 1. The van der Waals surface area contributed by atoms with Crippen LogP contribution >= 0.6 is 0 Å². The van der Waals surface area contributed by atoms with Gasteiger partial charge in [0.25, 0.3) is 0 Å². The molecule has 3 amide bonds. The molecule has 11 nitrogen and oxygen atoms in total. The lowest BCUT2D eigenvalue weighted by Gasteiger charge is -2.23. The first-order chi connectivity index (χ1) is 14.6. The zero-order valence-electron chi connectivity index (χ0n) is 17.3. The highest BCUT2D eigenvalue weighted by atomic mass is 16.4. The number of hydrogen-bond donors (Lipinski definition) is 7. The number of primary amides is 1. The summed E-state index contributed by atoms with van der Waals surface area (Å²) in [6.45, 7) is 0.474. The fraction of sp³-hybridized carbons (Fsp3) is 0.500. The molecular formula is C20H31N5O6. The molecule has 3 unspecified atom stereocenters. The van der Waals surface area contributed by atoms with Crippen LogP contribution in [0.25, 0.3) is 0 Å². The van der Waals surface area contributed by atoms with E-state index in [0.29, 0.717) is 31.4 Å². The van der Waals surface area contributed by atoms with Crippen molar-refractivity contribution in [2.24, 2.45) is 17.2 Å². The largest absolute Gasteiger partial charge is 0.508 e. The zero-order chi connectivity index (χ0) is 23.4. The lowest BCUT2D eigenvalue weighted by atomic mass is 10.0. The average Bonchev–Trinajstić information content (AvgIpc) is 2.71. The van der Waals surface area contributed by atoms with Crippen molar-refractivity contribution in [2.45, 2.75) is 56.7 Å². The number of carbonyl (C=O) groups is 4. The second-order valence-electron chi connectivity index (χ2n) is 7.23. The lowest BCUT2D eigenvalue weighted by Crippen LogP contribution is -2.55. The van der Waals surface area contributed by atoms with E-state index in [0.717, 1.165) is 0 Å². The molecule has 0 saturated heterocycles. The Kier molecular flexibility index (Phi) is 11.0. The molecule has 0 spiro atoms. The predicted octanol–water partition coefficient (Wildman–Crippen LogP) is -1.29. The number of aliphatic carboxylic acids is 1. The number of unbranched alkanes of at least 4 members (excludes halogenated alkanes) is 1. The van der Waals surface area contributed by atoms with Gasteiger partial charge in [-0.3, -0.25) is 14.4 Å². The Labute approximate surface area is 180 Å². The van der Waals surface area contributed by atoms with Gasteiger partial charge in [0.15, 0.2) is 0 Å². The molecule has 1 aromatic carbocycles. The van der Waals surface area contributed by atoms with Crippen molar-refractivity contribution in [2.75, 3.05) is 6.54 Å². The molecule has 3 atom stereocenters. The monoisotopic (exact) mass is 437 g/mol. The standard InChI is InChI=1S/C20H31N5O6/c21-10-2-1-3-14(22)18(28)25-16(11-12-4-6-13(26)7-5-12)19(29)24-15(20(30)31)8-9-17(23)27/h4-7,14-16,26H,1-3,8-11,21-22H2,(H2,23,27)(H,24,29)(H,25,28)(H,30,31). The second kappa shape index (κ2) is 13.2. The summed E-state index contributed by atoms with van der Waals surface area (Å²) in [5.41, 5.74) is 17.0. The summed E-state index contributed by atoms with van der Waals surface area (Å²) in [5, 5.41) is 23.6. The summed E-state index contributed by atoms with van der Waals surface area (Å²) in [5.74, 6) is -3.29. The third-order valence-corrected chi connectivity index (χ3v) is 4.61. The van der Waals surface area contributed by atoms with E-state index in [4.69, 9.17) is 17.2 Å². The third-order valence-electron chi connectivity index (χ3n) is 4.61. The van der Waals surface area contributed by atoms with Crippen LogP contribution in [0.2, 0.25) is 0 Å². The predicted molar refractivity (Wildman–Crippen MR) is 113 cm³/mol. The highest BCUT2D eigenvalue weighted by molar-refractivity contribution is 5.92. The maximum atomic E-state index is 12.8. The van der Waals surface area contributed by atoms with Gasteiger partial charge in [0, 0.05) is 12.8 Å². The van der Waals surface area contributed by atoms with Crippen molar-refractivity contribution in [3.63, 3.8) is 0 Å². The smallest absolute Gasteiger partial charge is 0.326 e. The lowest BCUT2D eigenvalue weighted by molar-refractivity contribution is -0.142. The number of nitrogens with one attached hydrogen (secondary N) is 2. The van der Waals surface area contributed by atoms with Gasteiger partial charge in [0.2, 0.25) is 17.7 Å². The maximum absolute atomic E-state index is 12.8. The number of aromatic hydroxyl groups is 1. The third kappa shape index (κ3) is 9.92. The summed E-state index contributed by atoms with van der Waals surface area (Å²) >= 11 is 0. The minimum atomic E-state index is -1.35. The Morgan fingerprint density at radius 2 is 1.55 bits per heavy atom. The number of amides is 3. The molecule has 0 fully saturated rings. The first-order valence-electron chi connectivity index (χ1n) is 9.99. The van der Waals surface area contributed by atoms with Crippen molar-refractivity contribution in [1.29, 1.82) is 0 Å². The van der Waals surface area contributed by atoms with Crippen LogP contribution in [0.1, 0.15) is 37.7 Å². The molecule has 0 heterocycles. The van der Waals surface area contributed by atoms with Gasteiger partial charge in [-0.05, 0) is 43.5 Å². The summed E-state index contributed by atoms with van der Waals surface area (Å²) < 4.78 is 0. The first kappa shape index (κ1) is 25.9. The molecule has 0 aromatic heterocycles. The molecule has 0 saturated carbocycles. The first-order valence-corrected chi connectivity index (χ1v) is 9.99. The SMILES string of the molecule is NCCCCC(N)C(=O)NC(Cc1ccc(O)cc1)C(=O)NC(CCC(N)=O)C(=O)O. The van der Waals surface area contributed by atoms with Crippen LogP contribution in [0, 0.1) is 0 Å². The Balaban J connectivity index is 2.92. The van der Waals surface area contributed by atoms with Gasteiger partial charge in [-0.1, -0.05) is 18.6 Å². The summed E-state index contributed by atoms with van der Waals surface area (Å²) in [7, 11) is 0. The van der Waals surface area contributed by atoms with Gasteiger partial charge in [-0.25, -0.2) is 4.79 Å². The Morgan fingerprint density at radius 1 is 0.935 bits per heavy atom. The van der Waals surface area contributed by atoms with E-state index in [1.54, 1.807) is 12.1 Å². The van der Waals surface area contributed by atoms with Crippen LogP contribution in [-0.4, -0.2) is 58.6 Å². The van der Waals surface area contributed by atoms with Gasteiger partial charge < -0.3 is 38.0 Å². The van der Waals surface area contributed by atoms with E-state index in [2.05, 4.69) is 10.6 Å². The average molecular weight is 437 g/mol. The normalized spacial score (nSPS) is 13.6. The molecule has 1 aromatic rings. The van der Waals surface area contributed by atoms with Crippen LogP contribution in [0.3, 0.4) is 0 Å². The van der Waals surface area contributed by atoms with Crippen LogP contribution in [0.4, 0.5) is 0 Å². The van der Waals surface area contributed by atoms with Gasteiger partial charge in [0.05, 0.1) is 6.04 Å². The van der Waals surface area contributed by atoms with Crippen molar-refractivity contribution in [3.05, 3.63) is 29.8 Å². The van der Waals surface area contributed by atoms with E-state index in [1.807, 2.05) is 0 Å². The Hall–Kier alpha value is -3.18. The van der Waals surface area contributed by atoms with Crippen LogP contribution < -0.4 is 27.8 Å². The van der Waals surface area contributed by atoms with Crippen LogP contribution in [0.15, 0.2) is 24.3 Å². The van der Waals surface area contributed by atoms with Gasteiger partial charge in [-0.2, -0.15) is 0 Å². The highest BCUT2D eigenvalue weighted by Crippen LogP contribution is 2.12. The van der Waals surface area contributed by atoms with Crippen molar-refractivity contribution in [1.82, 2.24) is 10.6 Å². The van der Waals surface area contributed by atoms with E-state index >= 15 is 0 Å². The van der Waals surface area contributed by atoms with Gasteiger partial charge >= 0.3 is 5.97 Å². The van der Waals surface area contributed by atoms with Crippen molar-refractivity contribution in [3.8, 4) is 5.75 Å². The van der Waals surface area contributed by atoms with Crippen molar-refractivity contribution >= 4 is 23.7 Å². The molecule has 0 radical (unpaired) electrons. The number of carbonyl (C=O) groups excluding carboxylic acids is 3. The Bertz CT molecular complexity index is 755. The molecule has 172 valence electrons. The summed E-state index contributed by atoms with van der Waals surface area (Å²) in [6.07, 6.45) is 1.36. The Morgan fingerprint density at radius 3 is 2.10 bits per heavy atom. The fourth-order valence-corrected chi connectivity index (χ4v) is 2.81. The number of carboxylic acid groups (broad SMARTS) is 1. The molecule has 0 aliphatic carbocycles. The quantitative estimate of drug-likeness (QED) is 0.174. The number of hydrogen-bond acceptors (Lipinski definition) is 7. The number of nitrogens with two attached hydrogens (primary N) is 3. The number of carboxylic acids is 1. The number of rotatable bonds is 14. The van der Waals surface area contributed by atoms with Crippen molar-refractivity contribution < 1.29 is 29.4 Å². The molecule has 31 heavy (non-hydrogen) atoms. The van der Waals surface area contributed by atoms with Crippen LogP contribution in [-0.2, 0) is 25.6 Å². The summed E-state index contributed by atoms with van der Waals surface area (Å²) in [6, 6.07) is 2.68. The zero-order valence-corrected chi connectivity index (χ0v) is 17.3. The van der Waals surface area contributed by atoms with E-state index in [-0.39, 0.29) is 25.0 Å². The fourth-order valence-electron chi connectivity index (χ4n) is 2.81. The van der Waals surface area contributed by atoms with E-state index in [1.165, 1.54) is 12.1 Å². The number of benzene rings is 1. The molecular weight excluding hydrogens is 406 g/mol. The second-order valence-corrected chi connectivity index (χ2v) is 7.23. The molecule has 0 aliphatic heterocycles. The molecule has 11 heteroatoms. The van der Waals surface area contributed by atoms with E-state index in [9.17, 15) is 29.4 Å². The molecule has 1 rings (SSSR count). The topological polar surface area (TPSA) is 211 Å². The van der Waals surface area contributed by atoms with Gasteiger partial charge in [0.1, 0.15) is 17.8 Å².